The summed E-state index contributed by atoms with van der Waals surface area (Å²) in [6, 6.07) is 5.63. The number of hydrogen-bond acceptors (Lipinski definition) is 9. The molecule has 0 spiro atoms. The number of methoxy groups -OCH3 is 1. The second kappa shape index (κ2) is 11.8. The van der Waals surface area contributed by atoms with Gasteiger partial charge in [0.1, 0.15) is 12.1 Å². The lowest BCUT2D eigenvalue weighted by Gasteiger charge is -2.13. The van der Waals surface area contributed by atoms with Crippen molar-refractivity contribution in [3.8, 4) is 11.6 Å². The van der Waals surface area contributed by atoms with E-state index in [1.54, 1.807) is 36.6 Å². The fourth-order valence-electron chi connectivity index (χ4n) is 4.42. The minimum absolute atomic E-state index is 0.0865. The van der Waals surface area contributed by atoms with Gasteiger partial charge in [0.15, 0.2) is 17.3 Å². The highest BCUT2D eigenvalue weighted by molar-refractivity contribution is 6.32. The maximum Gasteiger partial charge on any atom is 0.226 e. The number of likely N-dealkylation sites (N-methyl/N-ethyl adjacent to an activating group) is 1. The third-order valence-electron chi connectivity index (χ3n) is 6.47. The summed E-state index contributed by atoms with van der Waals surface area (Å²) in [4.78, 5) is 23.5. The minimum atomic E-state index is -0.0865. The lowest BCUT2D eigenvalue weighted by Crippen LogP contribution is -2.32. The van der Waals surface area contributed by atoms with E-state index < -0.39 is 0 Å². The van der Waals surface area contributed by atoms with Crippen LogP contribution in [0.4, 0.5) is 5.82 Å². The van der Waals surface area contributed by atoms with E-state index in [1.807, 2.05) is 48.8 Å². The van der Waals surface area contributed by atoms with Crippen LogP contribution in [-0.2, 0) is 24.3 Å². The summed E-state index contributed by atoms with van der Waals surface area (Å²) in [5.41, 5.74) is 2.34. The quantitative estimate of drug-likeness (QED) is 0.249. The number of hydrogen-bond donors (Lipinski definition) is 2. The van der Waals surface area contributed by atoms with Crippen molar-refractivity contribution in [1.29, 1.82) is 0 Å². The molecule has 0 saturated carbocycles. The van der Waals surface area contributed by atoms with Crippen molar-refractivity contribution >= 4 is 45.1 Å². The molecule has 0 saturated heterocycles. The molecule has 0 aliphatic rings. The summed E-state index contributed by atoms with van der Waals surface area (Å²) in [6.45, 7) is 4.51. The summed E-state index contributed by atoms with van der Waals surface area (Å²) in [7, 11) is 5.51. The van der Waals surface area contributed by atoms with Crippen LogP contribution in [0.1, 0.15) is 18.2 Å². The third-order valence-corrected chi connectivity index (χ3v) is 6.76. The second-order valence-electron chi connectivity index (χ2n) is 9.54. The van der Waals surface area contributed by atoms with Gasteiger partial charge in [-0.05, 0) is 38.7 Å². The Balaban J connectivity index is 1.47. The van der Waals surface area contributed by atoms with Crippen LogP contribution >= 0.6 is 11.6 Å². The molecule has 0 unspecified atom stereocenters. The number of carbonyl (C=O) groups excluding carboxylic acids is 1. The molecule has 0 aliphatic heterocycles. The number of halogens is 1. The Morgan fingerprint density at radius 3 is 2.75 bits per heavy atom. The molecular formula is C27H31ClN10O2. The zero-order valence-electron chi connectivity index (χ0n) is 22.8. The third kappa shape index (κ3) is 5.68. The molecule has 0 radical (unpaired) electrons. The molecule has 1 amide bonds. The van der Waals surface area contributed by atoms with Gasteiger partial charge in [0.05, 0.1) is 35.8 Å². The van der Waals surface area contributed by atoms with Crippen molar-refractivity contribution in [3.63, 3.8) is 0 Å². The summed E-state index contributed by atoms with van der Waals surface area (Å²) in [5.74, 6) is 1.68. The van der Waals surface area contributed by atoms with E-state index in [-0.39, 0.29) is 12.3 Å². The van der Waals surface area contributed by atoms with E-state index >= 15 is 0 Å². The van der Waals surface area contributed by atoms with E-state index in [0.717, 1.165) is 33.9 Å². The van der Waals surface area contributed by atoms with Crippen LogP contribution in [0, 0.1) is 0 Å². The first kappa shape index (κ1) is 27.3. The van der Waals surface area contributed by atoms with E-state index in [9.17, 15) is 4.79 Å². The van der Waals surface area contributed by atoms with Crippen LogP contribution in [0.5, 0.6) is 5.75 Å². The average Bonchev–Trinajstić information content (AvgIpc) is 3.58. The Kier molecular flexibility index (Phi) is 8.08. The first-order valence-corrected chi connectivity index (χ1v) is 13.3. The minimum Gasteiger partial charge on any atom is -0.495 e. The molecule has 0 bridgehead atoms. The highest BCUT2D eigenvalue weighted by Crippen LogP contribution is 2.32. The molecule has 0 fully saturated rings. The molecule has 0 aliphatic carbocycles. The van der Waals surface area contributed by atoms with Crippen LogP contribution in [-0.4, -0.2) is 79.6 Å². The van der Waals surface area contributed by atoms with Crippen molar-refractivity contribution in [2.24, 2.45) is 0 Å². The number of benzene rings is 1. The van der Waals surface area contributed by atoms with E-state index in [2.05, 4.69) is 30.9 Å². The molecule has 4 heterocycles. The van der Waals surface area contributed by atoms with Crippen molar-refractivity contribution < 1.29 is 9.53 Å². The summed E-state index contributed by atoms with van der Waals surface area (Å²) in [5, 5.41) is 22.9. The molecule has 0 atom stereocenters. The highest BCUT2D eigenvalue weighted by Gasteiger charge is 2.18. The number of nitrogens with one attached hydrogen (secondary N) is 2. The number of aryl methyl sites for hydroxylation is 1. The molecule has 208 valence electrons. The van der Waals surface area contributed by atoms with Gasteiger partial charge in [-0.25, -0.2) is 14.6 Å². The summed E-state index contributed by atoms with van der Waals surface area (Å²) < 4.78 is 8.87. The van der Waals surface area contributed by atoms with Gasteiger partial charge >= 0.3 is 0 Å². The smallest absolute Gasteiger partial charge is 0.226 e. The van der Waals surface area contributed by atoms with Gasteiger partial charge in [-0.15, -0.1) is 10.2 Å². The number of carbonyl (C=O) groups is 1. The number of pyridine rings is 1. The van der Waals surface area contributed by atoms with E-state index in [4.69, 9.17) is 21.3 Å². The molecule has 1 aromatic carbocycles. The van der Waals surface area contributed by atoms with Gasteiger partial charge in [0.25, 0.3) is 0 Å². The van der Waals surface area contributed by atoms with Crippen LogP contribution in [0.2, 0.25) is 5.02 Å². The Bertz CT molecular complexity index is 1660. The SMILES string of the molecule is CCn1ncc2c3c(NCc4ccc(OC)c(Cl)c4)nnc(-n4cnc(CC(=O)NCCN(C)C)c4)c3cnc21. The van der Waals surface area contributed by atoms with Crippen LogP contribution in [0.25, 0.3) is 27.6 Å². The Morgan fingerprint density at radius 1 is 1.15 bits per heavy atom. The van der Waals surface area contributed by atoms with Crippen molar-refractivity contribution in [2.75, 3.05) is 39.6 Å². The number of anilines is 1. The van der Waals surface area contributed by atoms with Gasteiger partial charge < -0.3 is 20.3 Å². The summed E-state index contributed by atoms with van der Waals surface area (Å²) in [6.07, 6.45) is 7.17. The van der Waals surface area contributed by atoms with Crippen molar-refractivity contribution in [3.05, 3.63) is 59.4 Å². The van der Waals surface area contributed by atoms with Crippen molar-refractivity contribution in [1.82, 2.24) is 44.7 Å². The standard InChI is InChI=1S/C27H31ClN10O2/c1-5-38-26-20(14-33-38)24-19(13-31-26)27(37-15-18(32-16-37)11-23(39)29-8-9-36(2)3)35-34-25(24)30-12-17-6-7-22(40-4)21(28)10-17/h6-7,10,13-16H,5,8-9,11-12H2,1-4H3,(H,29,39)(H,30,34). The Hall–Kier alpha value is -4.29. The first-order valence-electron chi connectivity index (χ1n) is 12.9. The lowest BCUT2D eigenvalue weighted by molar-refractivity contribution is -0.120. The molecule has 13 heteroatoms. The van der Waals surface area contributed by atoms with Crippen molar-refractivity contribution in [2.45, 2.75) is 26.4 Å². The normalized spacial score (nSPS) is 11.4. The lowest BCUT2D eigenvalue weighted by atomic mass is 10.1. The van der Waals surface area contributed by atoms with E-state index in [1.165, 1.54) is 0 Å². The summed E-state index contributed by atoms with van der Waals surface area (Å²) >= 11 is 6.33. The van der Waals surface area contributed by atoms with Gasteiger partial charge in [0, 0.05) is 49.3 Å². The number of fused-ring (bicyclic) bond motifs is 3. The average molecular weight is 563 g/mol. The predicted molar refractivity (Wildman–Crippen MR) is 154 cm³/mol. The molecular weight excluding hydrogens is 532 g/mol. The molecule has 4 aromatic heterocycles. The number of amides is 1. The van der Waals surface area contributed by atoms with E-state index in [0.29, 0.717) is 47.7 Å². The van der Waals surface area contributed by atoms with Gasteiger partial charge in [-0.3, -0.25) is 9.36 Å². The topological polar surface area (TPSA) is 128 Å². The fourth-order valence-corrected chi connectivity index (χ4v) is 4.70. The Labute approximate surface area is 236 Å². The number of imidazole rings is 1. The zero-order valence-corrected chi connectivity index (χ0v) is 23.6. The fraction of sp³-hybridized carbons (Fsp3) is 0.333. The second-order valence-corrected chi connectivity index (χ2v) is 9.95. The molecule has 12 nitrogen and oxygen atoms in total. The number of nitrogens with zero attached hydrogens (tertiary/aromatic N) is 8. The van der Waals surface area contributed by atoms with Gasteiger partial charge in [0.2, 0.25) is 5.91 Å². The molecule has 5 rings (SSSR count). The maximum absolute atomic E-state index is 12.4. The largest absolute Gasteiger partial charge is 0.495 e. The number of rotatable bonds is 11. The van der Waals surface area contributed by atoms with Crippen LogP contribution in [0.3, 0.4) is 0 Å². The zero-order chi connectivity index (χ0) is 28.2. The molecule has 40 heavy (non-hydrogen) atoms. The number of aromatic nitrogens is 7. The van der Waals surface area contributed by atoms with Crippen LogP contribution < -0.4 is 15.4 Å². The Morgan fingerprint density at radius 2 is 2.00 bits per heavy atom. The first-order chi connectivity index (χ1) is 19.4. The van der Waals surface area contributed by atoms with Gasteiger partial charge in [-0.2, -0.15) is 5.10 Å². The molecule has 2 N–H and O–H groups in total. The maximum atomic E-state index is 12.4. The van der Waals surface area contributed by atoms with Gasteiger partial charge in [-0.1, -0.05) is 17.7 Å². The number of ether oxygens (including phenoxy) is 1. The molecule has 5 aromatic rings. The monoisotopic (exact) mass is 562 g/mol. The predicted octanol–water partition coefficient (Wildman–Crippen LogP) is 3.07. The van der Waals surface area contributed by atoms with Crippen LogP contribution in [0.15, 0.2) is 43.1 Å². The highest BCUT2D eigenvalue weighted by atomic mass is 35.5.